The minimum absolute atomic E-state index is 0.00341. The summed E-state index contributed by atoms with van der Waals surface area (Å²) in [4.78, 5) is 50.2. The van der Waals surface area contributed by atoms with Gasteiger partial charge in [-0.15, -0.1) is 0 Å². The molecule has 0 spiro atoms. The number of imide groups is 1. The number of rotatable bonds is 8. The molecule has 12 nitrogen and oxygen atoms in total. The van der Waals surface area contributed by atoms with Crippen molar-refractivity contribution < 1.29 is 27.7 Å². The van der Waals surface area contributed by atoms with E-state index in [1.54, 1.807) is 13.0 Å². The zero-order valence-corrected chi connectivity index (χ0v) is 21.5. The number of nitro groups is 1. The molecular weight excluding hydrogens is 490 g/mol. The van der Waals surface area contributed by atoms with E-state index in [1.165, 1.54) is 34.5 Å². The molecule has 0 bridgehead atoms. The van der Waals surface area contributed by atoms with Crippen LogP contribution < -0.4 is 5.32 Å². The number of hydrogen-bond donors (Lipinski definition) is 1. The van der Waals surface area contributed by atoms with Crippen LogP contribution in [0.15, 0.2) is 24.3 Å². The molecule has 1 aromatic carbocycles. The Bertz CT molecular complexity index is 1200. The lowest BCUT2D eigenvalue weighted by molar-refractivity contribution is -0.384. The first-order chi connectivity index (χ1) is 16.9. The first kappa shape index (κ1) is 26.2. The topological polar surface area (TPSA) is 150 Å². The molecule has 1 saturated carbocycles. The molecule has 0 radical (unpaired) electrons. The molecule has 3 amide bonds. The van der Waals surface area contributed by atoms with Crippen molar-refractivity contribution in [2.45, 2.75) is 45.8 Å². The number of nitro benzene ring substituents is 1. The molecule has 0 aromatic heterocycles. The Hall–Kier alpha value is -2.90. The van der Waals surface area contributed by atoms with Crippen molar-refractivity contribution in [3.05, 3.63) is 39.9 Å². The normalized spacial score (nSPS) is 29.9. The quantitative estimate of drug-likeness (QED) is 0.301. The molecule has 2 saturated heterocycles. The highest BCUT2D eigenvalue weighted by Crippen LogP contribution is 2.49. The number of likely N-dealkylation sites (N-methyl/N-ethyl adjacent to an activating group) is 1. The molecule has 1 aliphatic carbocycles. The summed E-state index contributed by atoms with van der Waals surface area (Å²) in [7, 11) is -2.81. The van der Waals surface area contributed by atoms with Gasteiger partial charge in [-0.3, -0.25) is 29.4 Å². The maximum absolute atomic E-state index is 13.4. The van der Waals surface area contributed by atoms with Crippen molar-refractivity contribution >= 4 is 33.6 Å². The van der Waals surface area contributed by atoms with Gasteiger partial charge in [0.05, 0.1) is 29.5 Å². The summed E-state index contributed by atoms with van der Waals surface area (Å²) in [5.41, 5.74) is 0.399. The van der Waals surface area contributed by atoms with E-state index in [2.05, 4.69) is 5.32 Å². The third-order valence-corrected chi connectivity index (χ3v) is 9.79. The molecule has 3 aliphatic rings. The van der Waals surface area contributed by atoms with Gasteiger partial charge in [-0.1, -0.05) is 32.9 Å². The van der Waals surface area contributed by atoms with Gasteiger partial charge < -0.3 is 5.32 Å². The van der Waals surface area contributed by atoms with Gasteiger partial charge in [0.2, 0.25) is 17.7 Å². The number of benzene rings is 1. The average molecular weight is 522 g/mol. The van der Waals surface area contributed by atoms with Crippen LogP contribution in [0.5, 0.6) is 0 Å². The molecule has 2 aliphatic heterocycles. The van der Waals surface area contributed by atoms with Crippen molar-refractivity contribution in [1.82, 2.24) is 18.8 Å². The van der Waals surface area contributed by atoms with Crippen LogP contribution >= 0.6 is 0 Å². The number of nitrogens with one attached hydrogen (secondary N) is 1. The number of carbonyl (C=O) groups is 3. The molecule has 1 N–H and O–H groups in total. The Kier molecular flexibility index (Phi) is 6.92. The molecule has 1 aromatic rings. The van der Waals surface area contributed by atoms with Crippen LogP contribution in [0.2, 0.25) is 0 Å². The summed E-state index contributed by atoms with van der Waals surface area (Å²) >= 11 is 0. The van der Waals surface area contributed by atoms with E-state index in [9.17, 15) is 32.9 Å². The van der Waals surface area contributed by atoms with Crippen molar-refractivity contribution in [2.75, 3.05) is 20.1 Å². The monoisotopic (exact) mass is 521 g/mol. The molecule has 36 heavy (non-hydrogen) atoms. The standard InChI is InChI=1S/C23H31N5O7S/c1-13-14(2)20(13)23(31)27-18-8-9-26(21(18)15(3)22(27)30)36(34,35)25(4)12-19(29)24-11-16-6-5-7-17(10-16)28(32)33/h5-7,10,13-15,18,20-21H,8-9,11-12H2,1-4H3,(H,24,29)/t13-,14+,15-,18-,20?,21+/m0/s1. The second kappa shape index (κ2) is 9.52. The van der Waals surface area contributed by atoms with E-state index in [0.29, 0.717) is 12.0 Å². The van der Waals surface area contributed by atoms with Crippen LogP contribution in [-0.4, -0.2) is 76.8 Å². The lowest BCUT2D eigenvalue weighted by Crippen LogP contribution is -2.50. The van der Waals surface area contributed by atoms with Gasteiger partial charge in [-0.05, 0) is 23.8 Å². The predicted octanol–water partition coefficient (Wildman–Crippen LogP) is 0.737. The molecule has 2 heterocycles. The average Bonchev–Trinajstić information content (AvgIpc) is 3.13. The van der Waals surface area contributed by atoms with Crippen molar-refractivity contribution in [1.29, 1.82) is 0 Å². The van der Waals surface area contributed by atoms with Crippen LogP contribution in [0.1, 0.15) is 32.8 Å². The highest BCUT2D eigenvalue weighted by Gasteiger charge is 2.60. The number of likely N-dealkylation sites (tertiary alicyclic amines) is 1. The second-order valence-electron chi connectivity index (χ2n) is 10.0. The number of carbonyl (C=O) groups excluding carboxylic acids is 3. The summed E-state index contributed by atoms with van der Waals surface area (Å²) in [6.45, 7) is 5.27. The Balaban J connectivity index is 1.40. The molecule has 196 valence electrons. The zero-order valence-electron chi connectivity index (χ0n) is 20.7. The van der Waals surface area contributed by atoms with Gasteiger partial charge in [-0.25, -0.2) is 0 Å². The van der Waals surface area contributed by atoms with Gasteiger partial charge in [0.1, 0.15) is 0 Å². The number of amides is 3. The number of hydrogen-bond acceptors (Lipinski definition) is 7. The highest BCUT2D eigenvalue weighted by atomic mass is 32.2. The molecule has 3 fully saturated rings. The Labute approximate surface area is 209 Å². The van der Waals surface area contributed by atoms with Crippen LogP contribution in [-0.2, 0) is 31.1 Å². The minimum atomic E-state index is -4.09. The van der Waals surface area contributed by atoms with Crippen LogP contribution in [0.3, 0.4) is 0 Å². The molecule has 1 unspecified atom stereocenters. The third-order valence-electron chi connectivity index (χ3n) is 7.85. The minimum Gasteiger partial charge on any atom is -0.351 e. The predicted molar refractivity (Wildman–Crippen MR) is 128 cm³/mol. The summed E-state index contributed by atoms with van der Waals surface area (Å²) in [5.74, 6) is -1.61. The Morgan fingerprint density at radius 1 is 1.22 bits per heavy atom. The third kappa shape index (κ3) is 4.50. The van der Waals surface area contributed by atoms with E-state index < -0.39 is 45.6 Å². The highest BCUT2D eigenvalue weighted by molar-refractivity contribution is 7.86. The van der Waals surface area contributed by atoms with Gasteiger partial charge in [0.15, 0.2) is 0 Å². The van der Waals surface area contributed by atoms with E-state index in [1.807, 2.05) is 13.8 Å². The Morgan fingerprint density at radius 2 is 1.89 bits per heavy atom. The largest absolute Gasteiger partial charge is 0.351 e. The molecule has 4 rings (SSSR count). The Morgan fingerprint density at radius 3 is 2.50 bits per heavy atom. The van der Waals surface area contributed by atoms with Crippen LogP contribution in [0.4, 0.5) is 5.69 Å². The molecule has 6 atom stereocenters. The fourth-order valence-electron chi connectivity index (χ4n) is 5.48. The number of nitrogens with zero attached hydrogens (tertiary/aromatic N) is 4. The first-order valence-corrected chi connectivity index (χ1v) is 13.4. The van der Waals surface area contributed by atoms with Gasteiger partial charge in [0, 0.05) is 38.2 Å². The fraction of sp³-hybridized carbons (Fsp3) is 0.609. The summed E-state index contributed by atoms with van der Waals surface area (Å²) in [6, 6.07) is 4.61. The SMILES string of the molecule is C[C@@H]1C(=O)N(C(=O)C2[C@@H](C)[C@H]2C)[C@H]2CCN(S(=O)(=O)N(C)CC(=O)NCc3cccc([N+](=O)[O-])c3)[C@H]12. The van der Waals surface area contributed by atoms with Crippen LogP contribution in [0, 0.1) is 33.8 Å². The number of fused-ring (bicyclic) bond motifs is 1. The van der Waals surface area contributed by atoms with E-state index in [-0.39, 0.29) is 48.3 Å². The van der Waals surface area contributed by atoms with Gasteiger partial charge in [0.25, 0.3) is 15.9 Å². The number of non-ortho nitro benzene ring substituents is 1. The van der Waals surface area contributed by atoms with E-state index >= 15 is 0 Å². The van der Waals surface area contributed by atoms with E-state index in [0.717, 1.165) is 4.31 Å². The summed E-state index contributed by atoms with van der Waals surface area (Å²) in [6.07, 6.45) is 0.355. The van der Waals surface area contributed by atoms with Crippen molar-refractivity contribution in [3.8, 4) is 0 Å². The molecular formula is C23H31N5O7S. The maximum Gasteiger partial charge on any atom is 0.282 e. The zero-order chi connectivity index (χ0) is 26.5. The van der Waals surface area contributed by atoms with Crippen molar-refractivity contribution in [2.24, 2.45) is 23.7 Å². The maximum atomic E-state index is 13.4. The summed E-state index contributed by atoms with van der Waals surface area (Å²) in [5, 5.41) is 13.5. The van der Waals surface area contributed by atoms with Crippen molar-refractivity contribution in [3.63, 3.8) is 0 Å². The van der Waals surface area contributed by atoms with Gasteiger partial charge >= 0.3 is 0 Å². The fourth-order valence-corrected chi connectivity index (χ4v) is 7.08. The first-order valence-electron chi connectivity index (χ1n) is 12.0. The summed E-state index contributed by atoms with van der Waals surface area (Å²) < 4.78 is 28.9. The second-order valence-corrected chi connectivity index (χ2v) is 12.0. The lowest BCUT2D eigenvalue weighted by atomic mass is 10.0. The smallest absolute Gasteiger partial charge is 0.282 e. The lowest BCUT2D eigenvalue weighted by Gasteiger charge is -2.29. The molecule has 13 heteroatoms. The van der Waals surface area contributed by atoms with E-state index in [4.69, 9.17) is 0 Å². The van der Waals surface area contributed by atoms with Gasteiger partial charge in [-0.2, -0.15) is 17.0 Å². The van der Waals surface area contributed by atoms with Crippen LogP contribution in [0.25, 0.3) is 0 Å².